The number of hydrogen-bond donors (Lipinski definition) is 1. The molecule has 1 aliphatic heterocycles. The number of benzene rings is 1. The third-order valence-corrected chi connectivity index (χ3v) is 3.68. The van der Waals surface area contributed by atoms with Crippen LogP contribution in [0.25, 0.3) is 0 Å². The fourth-order valence-electron chi connectivity index (χ4n) is 2.49. The van der Waals surface area contributed by atoms with E-state index in [1.54, 1.807) is 18.1 Å². The topological polar surface area (TPSA) is 58.6 Å². The summed E-state index contributed by atoms with van der Waals surface area (Å²) in [6.45, 7) is 7.79. The summed E-state index contributed by atoms with van der Waals surface area (Å²) in [5.74, 6) is 0.526. The molecule has 21 heavy (non-hydrogen) atoms. The van der Waals surface area contributed by atoms with Gasteiger partial charge in [-0.05, 0) is 36.1 Å². The lowest BCUT2D eigenvalue weighted by molar-refractivity contribution is -0.133. The van der Waals surface area contributed by atoms with Crippen molar-refractivity contribution >= 4 is 17.5 Å². The Kier molecular flexibility index (Phi) is 3.94. The van der Waals surface area contributed by atoms with Crippen LogP contribution < -0.4 is 15.0 Å². The van der Waals surface area contributed by atoms with Gasteiger partial charge in [0.2, 0.25) is 5.91 Å². The van der Waals surface area contributed by atoms with Gasteiger partial charge in [0, 0.05) is 5.69 Å². The van der Waals surface area contributed by atoms with Crippen molar-refractivity contribution in [1.82, 2.24) is 5.32 Å². The van der Waals surface area contributed by atoms with Gasteiger partial charge >= 0.3 is 0 Å². The first-order valence-electron chi connectivity index (χ1n) is 6.99. The van der Waals surface area contributed by atoms with E-state index in [0.717, 1.165) is 17.0 Å². The van der Waals surface area contributed by atoms with Gasteiger partial charge < -0.3 is 15.0 Å². The maximum Gasteiger partial charge on any atom is 0.250 e. The third-order valence-electron chi connectivity index (χ3n) is 3.68. The smallest absolute Gasteiger partial charge is 0.250 e. The number of hydrogen-bond acceptors (Lipinski definition) is 3. The summed E-state index contributed by atoms with van der Waals surface area (Å²) in [5.41, 5.74) is 1.33. The highest BCUT2D eigenvalue weighted by atomic mass is 16.5. The molecule has 1 unspecified atom stereocenters. The Bertz CT molecular complexity index is 575. The van der Waals surface area contributed by atoms with Crippen LogP contribution in [0.1, 0.15) is 26.3 Å². The van der Waals surface area contributed by atoms with Gasteiger partial charge in [0.05, 0.1) is 7.11 Å². The molecule has 5 nitrogen and oxygen atoms in total. The second-order valence-electron chi connectivity index (χ2n) is 6.44. The molecular weight excluding hydrogens is 268 g/mol. The standard InChI is InChI=1S/C16H22N2O3/c1-10-8-11(21-5)6-7-12(10)18-9-13(19)17-14(15(18)20)16(2,3)4/h6-8,14H,9H2,1-5H3,(H,17,19). The minimum Gasteiger partial charge on any atom is -0.497 e. The van der Waals surface area contributed by atoms with Crippen molar-refractivity contribution in [1.29, 1.82) is 0 Å². The van der Waals surface area contributed by atoms with Crippen LogP contribution in [0.4, 0.5) is 5.69 Å². The average molecular weight is 290 g/mol. The van der Waals surface area contributed by atoms with Crippen molar-refractivity contribution in [2.75, 3.05) is 18.6 Å². The molecule has 0 spiro atoms. The molecule has 1 atom stereocenters. The Labute approximate surface area is 125 Å². The number of amides is 2. The number of piperazine rings is 1. The fraction of sp³-hybridized carbons (Fsp3) is 0.500. The number of carbonyl (C=O) groups is 2. The van der Waals surface area contributed by atoms with Crippen molar-refractivity contribution in [2.24, 2.45) is 5.41 Å². The van der Waals surface area contributed by atoms with Crippen LogP contribution in [0.15, 0.2) is 18.2 Å². The van der Waals surface area contributed by atoms with Gasteiger partial charge in [-0.2, -0.15) is 0 Å². The van der Waals surface area contributed by atoms with E-state index in [0.29, 0.717) is 0 Å². The monoisotopic (exact) mass is 290 g/mol. The molecule has 1 N–H and O–H groups in total. The number of anilines is 1. The van der Waals surface area contributed by atoms with Crippen molar-refractivity contribution in [3.63, 3.8) is 0 Å². The molecule has 0 aliphatic carbocycles. The zero-order valence-electron chi connectivity index (χ0n) is 13.2. The summed E-state index contributed by atoms with van der Waals surface area (Å²) >= 11 is 0. The van der Waals surface area contributed by atoms with Crippen molar-refractivity contribution in [3.8, 4) is 5.75 Å². The van der Waals surface area contributed by atoms with Crippen molar-refractivity contribution in [2.45, 2.75) is 33.7 Å². The molecule has 1 saturated heterocycles. The molecule has 0 bridgehead atoms. The molecule has 1 heterocycles. The highest BCUT2D eigenvalue weighted by Crippen LogP contribution is 2.29. The summed E-state index contributed by atoms with van der Waals surface area (Å²) in [6, 6.07) is 4.97. The molecule has 2 amide bonds. The Hall–Kier alpha value is -2.04. The molecule has 1 aromatic carbocycles. The van der Waals surface area contributed by atoms with Gasteiger partial charge in [-0.1, -0.05) is 20.8 Å². The van der Waals surface area contributed by atoms with Gasteiger partial charge in [-0.25, -0.2) is 0 Å². The van der Waals surface area contributed by atoms with E-state index in [9.17, 15) is 9.59 Å². The highest BCUT2D eigenvalue weighted by molar-refractivity contribution is 6.07. The van der Waals surface area contributed by atoms with E-state index in [-0.39, 0.29) is 23.8 Å². The van der Waals surface area contributed by atoms with Gasteiger partial charge in [0.15, 0.2) is 0 Å². The first kappa shape index (κ1) is 15.4. The number of carbonyl (C=O) groups excluding carboxylic acids is 2. The molecule has 5 heteroatoms. The molecule has 2 rings (SSSR count). The lowest BCUT2D eigenvalue weighted by atomic mass is 9.84. The van der Waals surface area contributed by atoms with Crippen LogP contribution in [0.5, 0.6) is 5.75 Å². The lowest BCUT2D eigenvalue weighted by Gasteiger charge is -2.39. The van der Waals surface area contributed by atoms with Gasteiger partial charge in [0.1, 0.15) is 18.3 Å². The fourth-order valence-corrected chi connectivity index (χ4v) is 2.49. The van der Waals surface area contributed by atoms with E-state index in [4.69, 9.17) is 4.74 Å². The van der Waals surface area contributed by atoms with Crippen LogP contribution in [-0.4, -0.2) is 31.5 Å². The maximum atomic E-state index is 12.7. The quantitative estimate of drug-likeness (QED) is 0.904. The van der Waals surface area contributed by atoms with Gasteiger partial charge in [0.25, 0.3) is 5.91 Å². The molecule has 0 aromatic heterocycles. The van der Waals surface area contributed by atoms with Crippen LogP contribution in [0.3, 0.4) is 0 Å². The SMILES string of the molecule is COc1ccc(N2CC(=O)NC(C(C)(C)C)C2=O)c(C)c1. The molecule has 1 aliphatic rings. The number of ether oxygens (including phenoxy) is 1. The number of rotatable bonds is 2. The number of nitrogens with zero attached hydrogens (tertiary/aromatic N) is 1. The lowest BCUT2D eigenvalue weighted by Crippen LogP contribution is -2.62. The van der Waals surface area contributed by atoms with E-state index >= 15 is 0 Å². The zero-order valence-corrected chi connectivity index (χ0v) is 13.2. The Morgan fingerprint density at radius 3 is 2.48 bits per heavy atom. The summed E-state index contributed by atoms with van der Waals surface area (Å²) in [4.78, 5) is 26.2. The Balaban J connectivity index is 2.38. The Morgan fingerprint density at radius 1 is 1.29 bits per heavy atom. The summed E-state index contributed by atoms with van der Waals surface area (Å²) in [6.07, 6.45) is 0. The zero-order chi connectivity index (χ0) is 15.8. The van der Waals surface area contributed by atoms with E-state index in [1.165, 1.54) is 0 Å². The first-order chi connectivity index (χ1) is 9.74. The van der Waals surface area contributed by atoms with E-state index in [2.05, 4.69) is 5.32 Å². The highest BCUT2D eigenvalue weighted by Gasteiger charge is 2.40. The molecule has 1 fully saturated rings. The minimum atomic E-state index is -0.514. The normalized spacial score (nSPS) is 19.5. The average Bonchev–Trinajstić information content (AvgIpc) is 2.40. The van der Waals surface area contributed by atoms with Crippen molar-refractivity contribution < 1.29 is 14.3 Å². The van der Waals surface area contributed by atoms with Crippen molar-refractivity contribution in [3.05, 3.63) is 23.8 Å². The second-order valence-corrected chi connectivity index (χ2v) is 6.44. The maximum absolute atomic E-state index is 12.7. The number of aryl methyl sites for hydroxylation is 1. The van der Waals surface area contributed by atoms with E-state index < -0.39 is 6.04 Å². The summed E-state index contributed by atoms with van der Waals surface area (Å²) in [5, 5.41) is 2.79. The van der Waals surface area contributed by atoms with Crippen LogP contribution >= 0.6 is 0 Å². The summed E-state index contributed by atoms with van der Waals surface area (Å²) < 4.78 is 5.18. The predicted octanol–water partition coefficient (Wildman–Crippen LogP) is 1.88. The van der Waals surface area contributed by atoms with Crippen LogP contribution in [-0.2, 0) is 9.59 Å². The second kappa shape index (κ2) is 5.39. The number of nitrogens with one attached hydrogen (secondary N) is 1. The molecule has 0 saturated carbocycles. The molecule has 114 valence electrons. The predicted molar refractivity (Wildman–Crippen MR) is 81.5 cm³/mol. The van der Waals surface area contributed by atoms with Gasteiger partial charge in [-0.3, -0.25) is 9.59 Å². The van der Waals surface area contributed by atoms with E-state index in [1.807, 2.05) is 39.8 Å². The number of methoxy groups -OCH3 is 1. The molecule has 1 aromatic rings. The van der Waals surface area contributed by atoms with Gasteiger partial charge in [-0.15, -0.1) is 0 Å². The molecule has 0 radical (unpaired) electrons. The third kappa shape index (κ3) is 3.01. The minimum absolute atomic E-state index is 0.0541. The molecular formula is C16H22N2O3. The van der Waals surface area contributed by atoms with Crippen LogP contribution in [0, 0.1) is 12.3 Å². The van der Waals surface area contributed by atoms with Crippen LogP contribution in [0.2, 0.25) is 0 Å². The first-order valence-corrected chi connectivity index (χ1v) is 6.99. The Morgan fingerprint density at radius 2 is 1.95 bits per heavy atom. The largest absolute Gasteiger partial charge is 0.497 e. The summed E-state index contributed by atoms with van der Waals surface area (Å²) in [7, 11) is 1.60.